The highest BCUT2D eigenvalue weighted by molar-refractivity contribution is 8.14. The molecule has 11 heteroatoms. The highest BCUT2D eigenvalue weighted by Crippen LogP contribution is 2.43. The van der Waals surface area contributed by atoms with Crippen LogP contribution < -0.4 is 0 Å². The van der Waals surface area contributed by atoms with Crippen molar-refractivity contribution in [2.75, 3.05) is 20.3 Å². The Morgan fingerprint density at radius 2 is 1.88 bits per heavy atom. The summed E-state index contributed by atoms with van der Waals surface area (Å²) in [6, 6.07) is 4.28. The number of Topliss-reactive ketones (excluding diaryl/α,β-unsaturated/α-hetero) is 1. The molecule has 3 atom stereocenters. The minimum Gasteiger partial charge on any atom is -0.436 e. The lowest BCUT2D eigenvalue weighted by molar-refractivity contribution is -0.212. The van der Waals surface area contributed by atoms with Gasteiger partial charge in [0.1, 0.15) is 11.9 Å². The maximum Gasteiger partial charge on any atom is 0.490 e. The van der Waals surface area contributed by atoms with Crippen molar-refractivity contribution in [3.63, 3.8) is 0 Å². The van der Waals surface area contributed by atoms with Crippen LogP contribution in [0.2, 0.25) is 0 Å². The number of rotatable bonds is 8. The van der Waals surface area contributed by atoms with Crippen LogP contribution in [0.3, 0.4) is 0 Å². The van der Waals surface area contributed by atoms with Crippen LogP contribution in [0, 0.1) is 11.7 Å². The van der Waals surface area contributed by atoms with Crippen LogP contribution in [-0.4, -0.2) is 59.7 Å². The summed E-state index contributed by atoms with van der Waals surface area (Å²) in [5.41, 5.74) is 0.187. The fourth-order valence-electron chi connectivity index (χ4n) is 3.99. The van der Waals surface area contributed by atoms with Gasteiger partial charge >= 0.3 is 12.1 Å². The van der Waals surface area contributed by atoms with Gasteiger partial charge < -0.3 is 9.47 Å². The standard InChI is InChI=1S/C23H25F4NO5S/c1-13(29)34-18-9-11-28(21(16(18)10-12-32-2)33-22(31)23(25,26)27)19(20(30)14-7-8-14)15-5-3-4-6-17(15)24/h3-6,10,14,18-19,21H,7-9,11-12H2,1-2H3/b16-10-. The van der Waals surface area contributed by atoms with Crippen LogP contribution in [0.25, 0.3) is 0 Å². The zero-order valence-electron chi connectivity index (χ0n) is 18.6. The number of hydrogen-bond donors (Lipinski definition) is 0. The van der Waals surface area contributed by atoms with E-state index in [1.165, 1.54) is 49.3 Å². The third kappa shape index (κ3) is 6.25. The Labute approximate surface area is 198 Å². The second-order valence-corrected chi connectivity index (χ2v) is 9.52. The van der Waals surface area contributed by atoms with Crippen LogP contribution in [0.5, 0.6) is 0 Å². The number of carbonyl (C=O) groups excluding carboxylic acids is 3. The fourth-order valence-corrected chi connectivity index (χ4v) is 4.96. The van der Waals surface area contributed by atoms with E-state index in [0.717, 1.165) is 11.8 Å². The Kier molecular flexibility index (Phi) is 8.53. The van der Waals surface area contributed by atoms with Crippen molar-refractivity contribution >= 4 is 28.6 Å². The predicted octanol–water partition coefficient (Wildman–Crippen LogP) is 4.20. The second-order valence-electron chi connectivity index (χ2n) is 8.14. The van der Waals surface area contributed by atoms with Gasteiger partial charge in [-0.05, 0) is 30.9 Å². The number of methoxy groups -OCH3 is 1. The largest absolute Gasteiger partial charge is 0.490 e. The van der Waals surface area contributed by atoms with Gasteiger partial charge in [-0.1, -0.05) is 36.0 Å². The number of esters is 1. The fraction of sp³-hybridized carbons (Fsp3) is 0.522. The molecule has 186 valence electrons. The molecule has 1 heterocycles. The van der Waals surface area contributed by atoms with Crippen LogP contribution in [0.4, 0.5) is 17.6 Å². The number of ketones is 1. The minimum atomic E-state index is -5.29. The van der Waals surface area contributed by atoms with E-state index in [9.17, 15) is 31.9 Å². The third-order valence-electron chi connectivity index (χ3n) is 5.63. The minimum absolute atomic E-state index is 0.00251. The number of benzene rings is 1. The summed E-state index contributed by atoms with van der Waals surface area (Å²) in [6.07, 6.45) is -4.02. The van der Waals surface area contributed by atoms with Crippen LogP contribution in [-0.2, 0) is 23.9 Å². The quantitative estimate of drug-likeness (QED) is 0.299. The van der Waals surface area contributed by atoms with Crippen molar-refractivity contribution in [3.8, 4) is 0 Å². The number of carbonyl (C=O) groups is 3. The maximum absolute atomic E-state index is 14.8. The number of likely N-dealkylation sites (tertiary alicyclic amines) is 1. The number of nitrogens with zero attached hydrogens (tertiary/aromatic N) is 1. The van der Waals surface area contributed by atoms with Crippen molar-refractivity contribution in [1.29, 1.82) is 0 Å². The molecule has 0 radical (unpaired) electrons. The first-order chi connectivity index (χ1) is 16.0. The van der Waals surface area contributed by atoms with Gasteiger partial charge in [-0.15, -0.1) is 0 Å². The molecule has 3 rings (SSSR count). The van der Waals surface area contributed by atoms with E-state index in [4.69, 9.17) is 9.47 Å². The van der Waals surface area contributed by atoms with Gasteiger partial charge in [0, 0.05) is 37.3 Å². The first-order valence-electron chi connectivity index (χ1n) is 10.7. The van der Waals surface area contributed by atoms with E-state index >= 15 is 0 Å². The first kappa shape index (κ1) is 26.4. The highest BCUT2D eigenvalue weighted by atomic mass is 32.2. The summed E-state index contributed by atoms with van der Waals surface area (Å²) < 4.78 is 64.3. The number of halogens is 4. The van der Waals surface area contributed by atoms with Crippen molar-refractivity contribution in [2.24, 2.45) is 5.92 Å². The molecule has 0 N–H and O–H groups in total. The number of ether oxygens (including phenoxy) is 2. The molecule has 1 saturated carbocycles. The summed E-state index contributed by atoms with van der Waals surface area (Å²) in [6.45, 7) is 1.29. The Bertz CT molecular complexity index is 963. The zero-order valence-corrected chi connectivity index (χ0v) is 19.5. The van der Waals surface area contributed by atoms with Crippen LogP contribution in [0.15, 0.2) is 35.9 Å². The maximum atomic E-state index is 14.8. The smallest absolute Gasteiger partial charge is 0.436 e. The number of hydrogen-bond acceptors (Lipinski definition) is 7. The Morgan fingerprint density at radius 1 is 1.21 bits per heavy atom. The molecule has 1 aliphatic carbocycles. The lowest BCUT2D eigenvalue weighted by Gasteiger charge is -2.44. The van der Waals surface area contributed by atoms with Crippen molar-refractivity contribution in [1.82, 2.24) is 4.90 Å². The monoisotopic (exact) mass is 503 g/mol. The molecule has 0 aromatic heterocycles. The molecule has 1 aliphatic heterocycles. The molecule has 34 heavy (non-hydrogen) atoms. The first-order valence-corrected chi connectivity index (χ1v) is 11.6. The van der Waals surface area contributed by atoms with Gasteiger partial charge in [-0.25, -0.2) is 9.18 Å². The molecule has 1 aromatic carbocycles. The van der Waals surface area contributed by atoms with Crippen LogP contribution >= 0.6 is 11.8 Å². The molecule has 0 spiro atoms. The normalized spacial score (nSPS) is 23.5. The van der Waals surface area contributed by atoms with Crippen molar-refractivity contribution < 1.29 is 41.4 Å². The Balaban J connectivity index is 2.10. The molecule has 1 saturated heterocycles. The SMILES string of the molecule is COC/C=C1/C(SC(C)=O)CCN(C(C(=O)C2CC2)c2ccccc2F)C1OC(=O)C(F)(F)F. The summed E-state index contributed by atoms with van der Waals surface area (Å²) in [5.74, 6) is -3.82. The lowest BCUT2D eigenvalue weighted by atomic mass is 9.92. The van der Waals surface area contributed by atoms with Gasteiger partial charge in [0.15, 0.2) is 17.1 Å². The summed E-state index contributed by atoms with van der Waals surface area (Å²) in [7, 11) is 1.38. The van der Waals surface area contributed by atoms with E-state index in [0.29, 0.717) is 12.8 Å². The van der Waals surface area contributed by atoms with Gasteiger partial charge in [0.25, 0.3) is 0 Å². The molecule has 2 fully saturated rings. The van der Waals surface area contributed by atoms with E-state index in [-0.39, 0.29) is 47.5 Å². The average Bonchev–Trinajstić information content (AvgIpc) is 3.60. The summed E-state index contributed by atoms with van der Waals surface area (Å²) in [4.78, 5) is 38.3. The molecule has 6 nitrogen and oxygen atoms in total. The van der Waals surface area contributed by atoms with E-state index in [1.807, 2.05) is 0 Å². The summed E-state index contributed by atoms with van der Waals surface area (Å²) in [5, 5.41) is -0.880. The number of alkyl halides is 3. The van der Waals surface area contributed by atoms with Crippen LogP contribution in [0.1, 0.15) is 37.8 Å². The van der Waals surface area contributed by atoms with Crippen molar-refractivity contribution in [3.05, 3.63) is 47.3 Å². The molecule has 0 bridgehead atoms. The third-order valence-corrected chi connectivity index (χ3v) is 6.76. The zero-order chi connectivity index (χ0) is 25.0. The molecular weight excluding hydrogens is 478 g/mol. The highest BCUT2D eigenvalue weighted by Gasteiger charge is 2.49. The van der Waals surface area contributed by atoms with Crippen molar-refractivity contribution in [2.45, 2.75) is 49.9 Å². The molecule has 1 aromatic rings. The van der Waals surface area contributed by atoms with Gasteiger partial charge in [0.05, 0.1) is 6.61 Å². The predicted molar refractivity (Wildman–Crippen MR) is 116 cm³/mol. The van der Waals surface area contributed by atoms with Gasteiger partial charge in [0.2, 0.25) is 0 Å². The molecular formula is C23H25F4NO5S. The number of piperidine rings is 1. The Hall–Kier alpha value is -2.24. The van der Waals surface area contributed by atoms with Gasteiger partial charge in [-0.3, -0.25) is 14.5 Å². The second kappa shape index (κ2) is 11.0. The topological polar surface area (TPSA) is 72.9 Å². The van der Waals surface area contributed by atoms with E-state index in [2.05, 4.69) is 0 Å². The lowest BCUT2D eigenvalue weighted by Crippen LogP contribution is -2.52. The average molecular weight is 504 g/mol. The van der Waals surface area contributed by atoms with E-state index in [1.54, 1.807) is 0 Å². The molecule has 2 aliphatic rings. The Morgan fingerprint density at radius 3 is 2.44 bits per heavy atom. The molecule has 0 amide bonds. The van der Waals surface area contributed by atoms with E-state index < -0.39 is 35.5 Å². The number of thioether (sulfide) groups is 1. The molecule has 3 unspecified atom stereocenters. The van der Waals surface area contributed by atoms with Gasteiger partial charge in [-0.2, -0.15) is 13.2 Å². The summed E-state index contributed by atoms with van der Waals surface area (Å²) >= 11 is 0.891.